The fourth-order valence-electron chi connectivity index (χ4n) is 4.15. The van der Waals surface area contributed by atoms with Gasteiger partial charge in [0, 0.05) is 0 Å². The molecule has 2 N–H and O–H groups in total. The van der Waals surface area contributed by atoms with Crippen molar-refractivity contribution in [3.8, 4) is 0 Å². The molecule has 30 heavy (non-hydrogen) atoms. The monoisotopic (exact) mass is 552 g/mol. The van der Waals surface area contributed by atoms with Crippen LogP contribution in [0.3, 0.4) is 0 Å². The first-order valence-corrected chi connectivity index (χ1v) is 12.5. The molecule has 0 amide bonds. The maximum Gasteiger partial charge on any atom is 2.00 e. The number of carbonyl (C=O) groups is 2. The minimum Gasteiger partial charge on any atom is -1.00 e. The van der Waals surface area contributed by atoms with E-state index in [1.807, 2.05) is 0 Å². The summed E-state index contributed by atoms with van der Waals surface area (Å²) in [5, 5.41) is 18.5. The molecule has 0 aliphatic rings. The molecule has 0 rings (SSSR count). The Labute approximate surface area is 229 Å². The Balaban J connectivity index is -0.00000131. The molecule has 0 aromatic rings. The Kier molecular flexibility index (Phi) is 26.3. The van der Waals surface area contributed by atoms with E-state index in [0.717, 1.165) is 25.7 Å². The van der Waals surface area contributed by atoms with Crippen LogP contribution in [0.2, 0.25) is 0 Å². The van der Waals surface area contributed by atoms with Crippen LogP contribution in [0, 0.1) is 11.8 Å². The predicted octanol–water partition coefficient (Wildman–Crippen LogP) is 7.68. The smallest absolute Gasteiger partial charge is 1.00 e. The van der Waals surface area contributed by atoms with Crippen LogP contribution in [0.15, 0.2) is 0 Å². The summed E-state index contributed by atoms with van der Waals surface area (Å²) in [4.78, 5) is 22.6. The standard InChI is InChI=1S/C25H48O4.Ba.2H/c1-3-5-7-9-11-13-15-17-19-22(21-23(24(26)27)25(28)29)20-18-16-14-12-10-8-6-4-2;;;/h22-23H,3-21H2,1-2H3,(H,26,27)(H,28,29);;;/q;+2;2*-1. The van der Waals surface area contributed by atoms with Gasteiger partial charge in [0.2, 0.25) is 0 Å². The third-order valence-electron chi connectivity index (χ3n) is 6.10. The molecule has 5 heteroatoms. The van der Waals surface area contributed by atoms with Gasteiger partial charge in [-0.1, -0.05) is 129 Å². The van der Waals surface area contributed by atoms with Crippen LogP contribution in [-0.2, 0) is 9.59 Å². The quantitative estimate of drug-likeness (QED) is 0.0822. The average Bonchev–Trinajstić information content (AvgIpc) is 2.68. The van der Waals surface area contributed by atoms with Gasteiger partial charge < -0.3 is 13.1 Å². The van der Waals surface area contributed by atoms with Crippen molar-refractivity contribution in [3.05, 3.63) is 0 Å². The number of hydrogen-bond donors (Lipinski definition) is 2. The molecule has 0 heterocycles. The second-order valence-electron chi connectivity index (χ2n) is 8.86. The van der Waals surface area contributed by atoms with E-state index in [-0.39, 0.29) is 64.1 Å². The van der Waals surface area contributed by atoms with Gasteiger partial charge in [0.25, 0.3) is 0 Å². The summed E-state index contributed by atoms with van der Waals surface area (Å²) in [5.74, 6) is -3.39. The molecule has 0 saturated heterocycles. The Morgan fingerprint density at radius 1 is 0.600 bits per heavy atom. The van der Waals surface area contributed by atoms with Crippen LogP contribution in [0.1, 0.15) is 139 Å². The minimum atomic E-state index is -1.25. The number of carboxylic acids is 2. The number of rotatable bonds is 22. The normalized spacial score (nSPS) is 11.1. The number of hydrogen-bond acceptors (Lipinski definition) is 2. The summed E-state index contributed by atoms with van der Waals surface area (Å²) in [6.45, 7) is 4.46. The molecular weight excluding hydrogens is 502 g/mol. The van der Waals surface area contributed by atoms with E-state index in [0.29, 0.717) is 0 Å². The summed E-state index contributed by atoms with van der Waals surface area (Å²) >= 11 is 0. The van der Waals surface area contributed by atoms with Crippen LogP contribution >= 0.6 is 0 Å². The molecule has 0 radical (unpaired) electrons. The van der Waals surface area contributed by atoms with Gasteiger partial charge in [-0.05, 0) is 12.3 Å². The second kappa shape index (κ2) is 24.2. The van der Waals surface area contributed by atoms with E-state index in [1.165, 1.54) is 89.9 Å². The second-order valence-corrected chi connectivity index (χ2v) is 8.86. The van der Waals surface area contributed by atoms with Gasteiger partial charge in [-0.25, -0.2) is 0 Å². The molecule has 0 spiro atoms. The molecule has 176 valence electrons. The zero-order valence-corrected chi connectivity index (χ0v) is 24.4. The SMILES string of the molecule is CCCCCCCCCCC(CCCCCCCCCC)CC(C(=O)O)C(=O)O.[Ba+2].[H-].[H-]. The molecule has 0 aromatic heterocycles. The van der Waals surface area contributed by atoms with E-state index in [4.69, 9.17) is 0 Å². The first-order valence-electron chi connectivity index (χ1n) is 12.5. The summed E-state index contributed by atoms with van der Waals surface area (Å²) < 4.78 is 0. The first kappa shape index (κ1) is 32.7. The molecule has 0 unspecified atom stereocenters. The van der Waals surface area contributed by atoms with Crippen molar-refractivity contribution in [2.45, 2.75) is 136 Å². The number of carboxylic acid groups (broad SMARTS) is 2. The topological polar surface area (TPSA) is 74.6 Å². The van der Waals surface area contributed by atoms with Crippen molar-refractivity contribution in [1.82, 2.24) is 0 Å². The van der Waals surface area contributed by atoms with Crippen molar-refractivity contribution in [3.63, 3.8) is 0 Å². The predicted molar refractivity (Wildman–Crippen MR) is 129 cm³/mol. The number of aliphatic carboxylic acids is 2. The maximum atomic E-state index is 11.3. The zero-order chi connectivity index (χ0) is 21.7. The zero-order valence-electron chi connectivity index (χ0n) is 22.0. The molecule has 0 saturated carbocycles. The van der Waals surface area contributed by atoms with Crippen LogP contribution in [-0.4, -0.2) is 71.0 Å². The van der Waals surface area contributed by atoms with Crippen LogP contribution in [0.4, 0.5) is 0 Å². The third-order valence-corrected chi connectivity index (χ3v) is 6.10. The van der Waals surface area contributed by atoms with Crippen LogP contribution in [0.25, 0.3) is 0 Å². The van der Waals surface area contributed by atoms with Gasteiger partial charge in [-0.3, -0.25) is 9.59 Å². The van der Waals surface area contributed by atoms with Gasteiger partial charge in [0.1, 0.15) is 0 Å². The fraction of sp³-hybridized carbons (Fsp3) is 0.920. The molecule has 0 bridgehead atoms. The molecule has 0 atom stereocenters. The maximum absolute atomic E-state index is 11.3. The van der Waals surface area contributed by atoms with Gasteiger partial charge in [-0.15, -0.1) is 0 Å². The van der Waals surface area contributed by atoms with Crippen molar-refractivity contribution in [2.24, 2.45) is 11.8 Å². The summed E-state index contributed by atoms with van der Waals surface area (Å²) in [7, 11) is 0. The third kappa shape index (κ3) is 20.4. The molecular formula is C25H50BaO4. The molecule has 4 nitrogen and oxygen atoms in total. The van der Waals surface area contributed by atoms with Crippen LogP contribution in [0.5, 0.6) is 0 Å². The molecule has 0 fully saturated rings. The van der Waals surface area contributed by atoms with Crippen LogP contribution < -0.4 is 0 Å². The minimum absolute atomic E-state index is 0. The van der Waals surface area contributed by atoms with Gasteiger partial charge in [-0.2, -0.15) is 0 Å². The fourth-order valence-corrected chi connectivity index (χ4v) is 4.15. The Morgan fingerprint density at radius 3 is 1.20 bits per heavy atom. The van der Waals surface area contributed by atoms with Crippen molar-refractivity contribution in [2.75, 3.05) is 0 Å². The first-order chi connectivity index (χ1) is 14.0. The Hall–Kier alpha value is 0.511. The average molecular weight is 552 g/mol. The van der Waals surface area contributed by atoms with Crippen molar-refractivity contribution in [1.29, 1.82) is 0 Å². The van der Waals surface area contributed by atoms with Gasteiger partial charge in [0.05, 0.1) is 0 Å². The Bertz CT molecular complexity index is 377. The van der Waals surface area contributed by atoms with Gasteiger partial charge >= 0.3 is 60.8 Å². The number of unbranched alkanes of at least 4 members (excludes halogenated alkanes) is 14. The van der Waals surface area contributed by atoms with E-state index in [9.17, 15) is 19.8 Å². The van der Waals surface area contributed by atoms with Gasteiger partial charge in [0.15, 0.2) is 5.92 Å². The van der Waals surface area contributed by atoms with E-state index >= 15 is 0 Å². The summed E-state index contributed by atoms with van der Waals surface area (Å²) in [5.41, 5.74) is 0. The van der Waals surface area contributed by atoms with Crippen molar-refractivity contribution >= 4 is 60.8 Å². The molecule has 0 aliphatic carbocycles. The summed E-state index contributed by atoms with van der Waals surface area (Å²) in [6.07, 6.45) is 22.4. The summed E-state index contributed by atoms with van der Waals surface area (Å²) in [6, 6.07) is 0. The largest absolute Gasteiger partial charge is 2.00 e. The van der Waals surface area contributed by atoms with E-state index < -0.39 is 17.9 Å². The molecule has 0 aliphatic heterocycles. The molecule has 0 aromatic carbocycles. The van der Waals surface area contributed by atoms with Crippen molar-refractivity contribution < 1.29 is 22.7 Å². The van der Waals surface area contributed by atoms with E-state index in [1.54, 1.807) is 0 Å². The van der Waals surface area contributed by atoms with E-state index in [2.05, 4.69) is 13.8 Å². The Morgan fingerprint density at radius 2 is 0.900 bits per heavy atom.